The molecule has 2 heteroatoms. The van der Waals surface area contributed by atoms with Crippen LogP contribution in [0.4, 0.5) is 0 Å². The summed E-state index contributed by atoms with van der Waals surface area (Å²) in [5, 5.41) is 6.34. The molecule has 1 saturated carbocycles. The summed E-state index contributed by atoms with van der Waals surface area (Å²) in [6, 6.07) is 16.0. The third kappa shape index (κ3) is 2.44. The molecule has 2 N–H and O–H groups in total. The Morgan fingerprint density at radius 1 is 1.10 bits per heavy atom. The number of H-pyrrole nitrogens is 1. The third-order valence-corrected chi connectivity index (χ3v) is 4.65. The van der Waals surface area contributed by atoms with Gasteiger partial charge in [-0.2, -0.15) is 0 Å². The van der Waals surface area contributed by atoms with Crippen LogP contribution in [-0.2, 0) is 0 Å². The van der Waals surface area contributed by atoms with Gasteiger partial charge in [0.1, 0.15) is 0 Å². The fraction of sp³-hybridized carbons (Fsp3) is 0.368. The number of hydrogen-bond acceptors (Lipinski definition) is 1. The maximum absolute atomic E-state index is 3.66. The third-order valence-electron chi connectivity index (χ3n) is 4.65. The number of benzene rings is 2. The van der Waals surface area contributed by atoms with Crippen molar-refractivity contribution in [2.45, 2.75) is 32.2 Å². The number of aromatic amines is 1. The number of aromatic nitrogens is 1. The van der Waals surface area contributed by atoms with Crippen LogP contribution < -0.4 is 5.32 Å². The summed E-state index contributed by atoms with van der Waals surface area (Å²) in [4.78, 5) is 3.51. The Labute approximate surface area is 125 Å². The zero-order valence-electron chi connectivity index (χ0n) is 12.5. The van der Waals surface area contributed by atoms with Crippen LogP contribution in [0.2, 0.25) is 0 Å². The van der Waals surface area contributed by atoms with E-state index in [1.807, 2.05) is 0 Å². The van der Waals surface area contributed by atoms with Crippen LogP contribution in [0.5, 0.6) is 0 Å². The molecule has 0 aliphatic heterocycles. The van der Waals surface area contributed by atoms with Crippen molar-refractivity contribution in [3.8, 4) is 0 Å². The molecule has 1 heterocycles. The Kier molecular flexibility index (Phi) is 3.19. The van der Waals surface area contributed by atoms with E-state index in [1.54, 1.807) is 0 Å². The molecule has 0 saturated heterocycles. The average Bonchev–Trinajstić information content (AvgIpc) is 3.25. The van der Waals surface area contributed by atoms with Gasteiger partial charge in [-0.15, -0.1) is 0 Å². The monoisotopic (exact) mass is 278 g/mol. The molecule has 1 aromatic heterocycles. The quantitative estimate of drug-likeness (QED) is 0.691. The predicted molar refractivity (Wildman–Crippen MR) is 89.6 cm³/mol. The van der Waals surface area contributed by atoms with Gasteiger partial charge in [-0.05, 0) is 42.6 Å². The molecular weight excluding hydrogens is 256 g/mol. The van der Waals surface area contributed by atoms with Crippen molar-refractivity contribution in [1.29, 1.82) is 0 Å². The zero-order valence-corrected chi connectivity index (χ0v) is 12.5. The van der Waals surface area contributed by atoms with Gasteiger partial charge in [0, 0.05) is 27.8 Å². The smallest absolute Gasteiger partial charge is 0.0465 e. The molecule has 0 amide bonds. The molecule has 4 rings (SSSR count). The van der Waals surface area contributed by atoms with Crippen LogP contribution in [0.25, 0.3) is 21.8 Å². The Hall–Kier alpha value is -1.80. The van der Waals surface area contributed by atoms with Gasteiger partial charge in [0.15, 0.2) is 0 Å². The summed E-state index contributed by atoms with van der Waals surface area (Å²) in [6.45, 7) is 3.23. The highest BCUT2D eigenvalue weighted by Gasteiger charge is 2.26. The van der Waals surface area contributed by atoms with Gasteiger partial charge in [0.25, 0.3) is 0 Å². The van der Waals surface area contributed by atoms with Gasteiger partial charge in [-0.1, -0.05) is 44.0 Å². The van der Waals surface area contributed by atoms with Crippen LogP contribution in [0.3, 0.4) is 0 Å². The van der Waals surface area contributed by atoms with Gasteiger partial charge in [0.05, 0.1) is 0 Å². The summed E-state index contributed by atoms with van der Waals surface area (Å²) < 4.78 is 0. The predicted octanol–water partition coefficient (Wildman–Crippen LogP) is 4.77. The second kappa shape index (κ2) is 5.19. The first-order chi connectivity index (χ1) is 10.3. The Bertz CT molecular complexity index is 767. The van der Waals surface area contributed by atoms with Crippen molar-refractivity contribution in [3.05, 3.63) is 48.0 Å². The summed E-state index contributed by atoms with van der Waals surface area (Å²) >= 11 is 0. The van der Waals surface area contributed by atoms with Crippen molar-refractivity contribution in [2.24, 2.45) is 5.92 Å². The number of hydrogen-bond donors (Lipinski definition) is 2. The lowest BCUT2D eigenvalue weighted by Crippen LogP contribution is -2.21. The lowest BCUT2D eigenvalue weighted by atomic mass is 9.99. The molecule has 0 bridgehead atoms. The molecule has 1 unspecified atom stereocenters. The van der Waals surface area contributed by atoms with Gasteiger partial charge >= 0.3 is 0 Å². The van der Waals surface area contributed by atoms with Crippen molar-refractivity contribution in [3.63, 3.8) is 0 Å². The van der Waals surface area contributed by atoms with Crippen molar-refractivity contribution < 1.29 is 0 Å². The maximum atomic E-state index is 3.66. The molecular formula is C19H22N2. The molecule has 0 spiro atoms. The standard InChI is InChI=1S/C19H22N2/c1-2-20-19(11-13-7-8-13)14-9-10-18-16(12-14)15-5-3-4-6-17(15)21-18/h3-6,9-10,12-13,19-21H,2,7-8,11H2,1H3. The lowest BCUT2D eigenvalue weighted by Gasteiger charge is -2.18. The normalized spacial score (nSPS) is 16.6. The summed E-state index contributed by atoms with van der Waals surface area (Å²) in [5.74, 6) is 0.938. The van der Waals surface area contributed by atoms with Crippen LogP contribution in [0, 0.1) is 5.92 Å². The van der Waals surface area contributed by atoms with Gasteiger partial charge in [-0.25, -0.2) is 0 Å². The highest BCUT2D eigenvalue weighted by Crippen LogP contribution is 2.38. The van der Waals surface area contributed by atoms with E-state index in [0.717, 1.165) is 12.5 Å². The molecule has 1 fully saturated rings. The van der Waals surface area contributed by atoms with E-state index >= 15 is 0 Å². The summed E-state index contributed by atoms with van der Waals surface area (Å²) in [5.41, 5.74) is 3.90. The van der Waals surface area contributed by atoms with Crippen LogP contribution in [-0.4, -0.2) is 11.5 Å². The van der Waals surface area contributed by atoms with Crippen molar-refractivity contribution >= 4 is 21.8 Å². The highest BCUT2D eigenvalue weighted by molar-refractivity contribution is 6.07. The minimum absolute atomic E-state index is 0.501. The molecule has 21 heavy (non-hydrogen) atoms. The van der Waals surface area contributed by atoms with E-state index < -0.39 is 0 Å². The first-order valence-corrected chi connectivity index (χ1v) is 8.09. The number of rotatable bonds is 5. The van der Waals surface area contributed by atoms with Crippen LogP contribution in [0.15, 0.2) is 42.5 Å². The molecule has 1 aliphatic carbocycles. The van der Waals surface area contributed by atoms with E-state index in [2.05, 4.69) is 59.7 Å². The number of nitrogens with one attached hydrogen (secondary N) is 2. The van der Waals surface area contributed by atoms with Gasteiger partial charge in [-0.3, -0.25) is 0 Å². The number of para-hydroxylation sites is 1. The molecule has 2 nitrogen and oxygen atoms in total. The van der Waals surface area contributed by atoms with E-state index in [4.69, 9.17) is 0 Å². The molecule has 108 valence electrons. The molecule has 2 aromatic carbocycles. The van der Waals surface area contributed by atoms with E-state index in [-0.39, 0.29) is 0 Å². The largest absolute Gasteiger partial charge is 0.355 e. The second-order valence-electron chi connectivity index (χ2n) is 6.26. The van der Waals surface area contributed by atoms with E-state index in [9.17, 15) is 0 Å². The zero-order chi connectivity index (χ0) is 14.2. The first kappa shape index (κ1) is 12.9. The topological polar surface area (TPSA) is 27.8 Å². The van der Waals surface area contributed by atoms with Gasteiger partial charge < -0.3 is 10.3 Å². The Morgan fingerprint density at radius 2 is 1.90 bits per heavy atom. The molecule has 1 aliphatic rings. The van der Waals surface area contributed by atoms with Crippen molar-refractivity contribution in [1.82, 2.24) is 10.3 Å². The van der Waals surface area contributed by atoms with E-state index in [1.165, 1.54) is 46.6 Å². The molecule has 3 aromatic rings. The van der Waals surface area contributed by atoms with Gasteiger partial charge in [0.2, 0.25) is 0 Å². The number of fused-ring (bicyclic) bond motifs is 3. The Balaban J connectivity index is 1.78. The summed E-state index contributed by atoms with van der Waals surface area (Å²) in [6.07, 6.45) is 4.11. The SMILES string of the molecule is CCNC(CC1CC1)c1ccc2[nH]c3ccccc3c2c1. The van der Waals surface area contributed by atoms with Crippen molar-refractivity contribution in [2.75, 3.05) is 6.54 Å². The Morgan fingerprint density at radius 3 is 2.71 bits per heavy atom. The minimum Gasteiger partial charge on any atom is -0.355 e. The molecule has 1 atom stereocenters. The minimum atomic E-state index is 0.501. The first-order valence-electron chi connectivity index (χ1n) is 8.09. The highest BCUT2D eigenvalue weighted by atomic mass is 14.9. The van der Waals surface area contributed by atoms with Crippen LogP contribution >= 0.6 is 0 Å². The van der Waals surface area contributed by atoms with E-state index in [0.29, 0.717) is 6.04 Å². The lowest BCUT2D eigenvalue weighted by molar-refractivity contribution is 0.487. The average molecular weight is 278 g/mol. The van der Waals surface area contributed by atoms with Crippen LogP contribution in [0.1, 0.15) is 37.8 Å². The second-order valence-corrected chi connectivity index (χ2v) is 6.26. The molecule has 0 radical (unpaired) electrons. The fourth-order valence-corrected chi connectivity index (χ4v) is 3.35. The summed E-state index contributed by atoms with van der Waals surface area (Å²) in [7, 11) is 0. The maximum Gasteiger partial charge on any atom is 0.0465 e. The fourth-order valence-electron chi connectivity index (χ4n) is 3.35.